The fourth-order valence-electron chi connectivity index (χ4n) is 2.56. The summed E-state index contributed by atoms with van der Waals surface area (Å²) in [5, 5.41) is 8.80. The van der Waals surface area contributed by atoms with Crippen LogP contribution in [0.4, 0.5) is 0 Å². The molecule has 0 aromatic carbocycles. The van der Waals surface area contributed by atoms with Crippen molar-refractivity contribution in [2.24, 2.45) is 11.1 Å². The number of nitrogens with two attached hydrogens (primary N) is 1. The molecule has 0 aliphatic heterocycles. The Morgan fingerprint density at radius 3 is 2.40 bits per heavy atom. The molecule has 0 spiro atoms. The van der Waals surface area contributed by atoms with Crippen molar-refractivity contribution < 1.29 is 0 Å². The van der Waals surface area contributed by atoms with Gasteiger partial charge in [0.05, 0.1) is 11.5 Å². The number of nitriles is 1. The second-order valence-corrected chi connectivity index (χ2v) is 3.96. The normalized spacial score (nSPS) is 51.2. The van der Waals surface area contributed by atoms with Gasteiger partial charge in [0.25, 0.3) is 0 Å². The first-order valence-electron chi connectivity index (χ1n) is 3.88. The summed E-state index contributed by atoms with van der Waals surface area (Å²) in [5.74, 6) is 0. The van der Waals surface area contributed by atoms with Crippen molar-refractivity contribution in [2.45, 2.75) is 37.6 Å². The lowest BCUT2D eigenvalue weighted by atomic mass is 9.51. The van der Waals surface area contributed by atoms with Crippen molar-refractivity contribution in [3.63, 3.8) is 0 Å². The molecule has 0 saturated heterocycles. The van der Waals surface area contributed by atoms with Gasteiger partial charge >= 0.3 is 0 Å². The molecular weight excluding hydrogens is 124 g/mol. The highest BCUT2D eigenvalue weighted by Crippen LogP contribution is 2.56. The maximum atomic E-state index is 8.80. The minimum Gasteiger partial charge on any atom is -0.325 e. The van der Waals surface area contributed by atoms with Crippen LogP contribution < -0.4 is 5.73 Å². The van der Waals surface area contributed by atoms with Crippen molar-refractivity contribution in [1.82, 2.24) is 0 Å². The van der Waals surface area contributed by atoms with Crippen molar-refractivity contribution in [1.29, 1.82) is 5.26 Å². The van der Waals surface area contributed by atoms with Gasteiger partial charge in [0.2, 0.25) is 0 Å². The number of hydrogen-bond donors (Lipinski definition) is 1. The van der Waals surface area contributed by atoms with Crippen LogP contribution in [0.5, 0.6) is 0 Å². The Balaban J connectivity index is 2.17. The second-order valence-electron chi connectivity index (χ2n) is 3.96. The third kappa shape index (κ3) is 0.615. The molecule has 3 fully saturated rings. The molecule has 0 unspecified atom stereocenters. The molecule has 3 saturated carbocycles. The quantitative estimate of drug-likeness (QED) is 0.543. The van der Waals surface area contributed by atoms with Crippen LogP contribution in [0.3, 0.4) is 0 Å². The molecule has 0 aromatic heterocycles. The van der Waals surface area contributed by atoms with Crippen LogP contribution in [0.1, 0.15) is 32.1 Å². The molecule has 0 atom stereocenters. The first-order valence-corrected chi connectivity index (χ1v) is 3.88. The average Bonchev–Trinajstić information content (AvgIpc) is 1.86. The van der Waals surface area contributed by atoms with Gasteiger partial charge in [-0.05, 0) is 25.7 Å². The summed E-state index contributed by atoms with van der Waals surface area (Å²) in [5.41, 5.74) is 6.02. The Kier molecular flexibility index (Phi) is 0.952. The fourth-order valence-corrected chi connectivity index (χ4v) is 2.56. The predicted molar refractivity (Wildman–Crippen MR) is 38.0 cm³/mol. The van der Waals surface area contributed by atoms with Crippen LogP contribution in [0.15, 0.2) is 0 Å². The largest absolute Gasteiger partial charge is 0.325 e. The average molecular weight is 136 g/mol. The van der Waals surface area contributed by atoms with E-state index in [0.717, 1.165) is 32.1 Å². The lowest BCUT2D eigenvalue weighted by Gasteiger charge is -2.55. The Hall–Kier alpha value is -0.550. The molecule has 0 aromatic rings. The molecule has 3 aliphatic carbocycles. The smallest absolute Gasteiger partial charge is 0.0691 e. The van der Waals surface area contributed by atoms with Gasteiger partial charge in [-0.25, -0.2) is 0 Å². The third-order valence-electron chi connectivity index (χ3n) is 2.95. The SMILES string of the molecule is N#CC12CCCC(N)(C1)C2. The van der Waals surface area contributed by atoms with Gasteiger partial charge in [-0.3, -0.25) is 0 Å². The Labute approximate surface area is 61.0 Å². The van der Waals surface area contributed by atoms with Crippen LogP contribution >= 0.6 is 0 Å². The van der Waals surface area contributed by atoms with Gasteiger partial charge in [-0.2, -0.15) is 5.26 Å². The van der Waals surface area contributed by atoms with E-state index in [2.05, 4.69) is 6.07 Å². The maximum Gasteiger partial charge on any atom is 0.0691 e. The summed E-state index contributed by atoms with van der Waals surface area (Å²) in [6, 6.07) is 2.39. The number of hydrogen-bond acceptors (Lipinski definition) is 2. The Morgan fingerprint density at radius 1 is 1.30 bits per heavy atom. The Morgan fingerprint density at radius 2 is 2.00 bits per heavy atom. The molecule has 2 nitrogen and oxygen atoms in total. The van der Waals surface area contributed by atoms with Gasteiger partial charge in [-0.15, -0.1) is 0 Å². The minimum atomic E-state index is 0.00694. The van der Waals surface area contributed by atoms with Crippen LogP contribution in [0, 0.1) is 16.7 Å². The van der Waals surface area contributed by atoms with Gasteiger partial charge in [0, 0.05) is 5.54 Å². The van der Waals surface area contributed by atoms with Crippen LogP contribution in [0.2, 0.25) is 0 Å². The molecule has 2 N–H and O–H groups in total. The lowest BCUT2D eigenvalue weighted by Crippen LogP contribution is -2.60. The highest BCUT2D eigenvalue weighted by atomic mass is 14.8. The van der Waals surface area contributed by atoms with Crippen LogP contribution in [-0.4, -0.2) is 5.54 Å². The topological polar surface area (TPSA) is 49.8 Å². The van der Waals surface area contributed by atoms with Crippen molar-refractivity contribution in [2.75, 3.05) is 0 Å². The van der Waals surface area contributed by atoms with Gasteiger partial charge in [0.1, 0.15) is 0 Å². The van der Waals surface area contributed by atoms with Gasteiger partial charge in [0.15, 0.2) is 0 Å². The van der Waals surface area contributed by atoms with Gasteiger partial charge in [-0.1, -0.05) is 6.42 Å². The van der Waals surface area contributed by atoms with Crippen molar-refractivity contribution in [3.8, 4) is 6.07 Å². The van der Waals surface area contributed by atoms with Crippen LogP contribution in [-0.2, 0) is 0 Å². The van der Waals surface area contributed by atoms with E-state index in [0.29, 0.717) is 0 Å². The highest BCUT2D eigenvalue weighted by Gasteiger charge is 2.55. The summed E-state index contributed by atoms with van der Waals surface area (Å²) >= 11 is 0. The summed E-state index contributed by atoms with van der Waals surface area (Å²) in [6.45, 7) is 0. The summed E-state index contributed by atoms with van der Waals surface area (Å²) in [6.07, 6.45) is 5.29. The van der Waals surface area contributed by atoms with Crippen molar-refractivity contribution >= 4 is 0 Å². The molecule has 3 aliphatic rings. The van der Waals surface area contributed by atoms with E-state index in [-0.39, 0.29) is 11.0 Å². The van der Waals surface area contributed by atoms with Gasteiger partial charge < -0.3 is 5.73 Å². The summed E-state index contributed by atoms with van der Waals surface area (Å²) in [4.78, 5) is 0. The number of fused-ring (bicyclic) bond motifs is 2. The molecule has 2 bridgehead atoms. The molecule has 54 valence electrons. The number of rotatable bonds is 0. The number of nitrogens with zero attached hydrogens (tertiary/aromatic N) is 1. The summed E-state index contributed by atoms with van der Waals surface area (Å²) in [7, 11) is 0. The zero-order valence-electron chi connectivity index (χ0n) is 6.06. The third-order valence-corrected chi connectivity index (χ3v) is 2.95. The molecule has 10 heavy (non-hydrogen) atoms. The van der Waals surface area contributed by atoms with E-state index >= 15 is 0 Å². The van der Waals surface area contributed by atoms with E-state index in [1.165, 1.54) is 0 Å². The molecule has 0 heterocycles. The zero-order valence-corrected chi connectivity index (χ0v) is 6.06. The molecule has 2 heteroatoms. The molecule has 0 radical (unpaired) electrons. The van der Waals surface area contributed by atoms with Crippen LogP contribution in [0.25, 0.3) is 0 Å². The Bertz CT molecular complexity index is 196. The van der Waals surface area contributed by atoms with E-state index in [9.17, 15) is 0 Å². The molecule has 0 amide bonds. The van der Waals surface area contributed by atoms with E-state index in [1.807, 2.05) is 0 Å². The maximum absolute atomic E-state index is 8.80. The zero-order chi connectivity index (χ0) is 7.24. The highest BCUT2D eigenvalue weighted by molar-refractivity contribution is 5.19. The second kappa shape index (κ2) is 1.54. The van der Waals surface area contributed by atoms with E-state index < -0.39 is 0 Å². The van der Waals surface area contributed by atoms with E-state index in [4.69, 9.17) is 11.0 Å². The molecular formula is C8H12N2. The predicted octanol–water partition coefficient (Wildman–Crippen LogP) is 1.17. The standard InChI is InChI=1S/C8H12N2/c9-6-7-2-1-3-8(10,4-7)5-7/h1-5,10H2. The van der Waals surface area contributed by atoms with E-state index in [1.54, 1.807) is 0 Å². The first-order chi connectivity index (χ1) is 4.68. The first kappa shape index (κ1) is 6.18. The molecule has 3 rings (SSSR count). The fraction of sp³-hybridized carbons (Fsp3) is 0.875. The van der Waals surface area contributed by atoms with Crippen molar-refractivity contribution in [3.05, 3.63) is 0 Å². The minimum absolute atomic E-state index is 0.00694. The summed E-state index contributed by atoms with van der Waals surface area (Å²) < 4.78 is 0. The lowest BCUT2D eigenvalue weighted by molar-refractivity contribution is 0.0189. The monoisotopic (exact) mass is 136 g/mol.